The van der Waals surface area contributed by atoms with Gasteiger partial charge < -0.3 is 9.47 Å². The number of hydrogen-bond acceptors (Lipinski definition) is 8. The number of nitro groups is 1. The van der Waals surface area contributed by atoms with Gasteiger partial charge in [0.05, 0.1) is 35.4 Å². The van der Waals surface area contributed by atoms with E-state index in [-0.39, 0.29) is 22.0 Å². The molecule has 0 saturated carbocycles. The number of benzene rings is 3. The SMILES string of the molecule is COc1ccc(N(CC(=O)N/N=C(/C)c2ccc([N+](=O)[O-])cc2)S(=O)(=O)c2ccc(C)cc2)c(OC)c1. The summed E-state index contributed by atoms with van der Waals surface area (Å²) in [5, 5.41) is 14.9. The van der Waals surface area contributed by atoms with Crippen molar-refractivity contribution >= 4 is 33.0 Å². The van der Waals surface area contributed by atoms with Crippen molar-refractivity contribution in [2.24, 2.45) is 5.10 Å². The number of aryl methyl sites for hydroxylation is 1. The van der Waals surface area contributed by atoms with Crippen LogP contribution >= 0.6 is 0 Å². The number of carbonyl (C=O) groups excluding carboxylic acids is 1. The van der Waals surface area contributed by atoms with Crippen LogP contribution in [0.25, 0.3) is 0 Å². The molecule has 194 valence electrons. The third-order valence-electron chi connectivity index (χ3n) is 5.40. The number of anilines is 1. The standard InChI is InChI=1S/C25H26N4O7S/c1-17-5-12-22(13-6-17)37(33,34)28(23-14-11-21(35-3)15-24(23)36-4)16-25(30)27-26-18(2)19-7-9-20(10-8-19)29(31)32/h5-15H,16H2,1-4H3,(H,27,30)/b26-18-. The zero-order chi connectivity index (χ0) is 27.2. The summed E-state index contributed by atoms with van der Waals surface area (Å²) in [7, 11) is -1.33. The lowest BCUT2D eigenvalue weighted by atomic mass is 10.1. The Bertz CT molecular complexity index is 1420. The van der Waals surface area contributed by atoms with Crippen LogP contribution in [-0.4, -0.2) is 45.7 Å². The molecule has 0 aliphatic rings. The van der Waals surface area contributed by atoms with Crippen molar-refractivity contribution in [1.82, 2.24) is 5.43 Å². The van der Waals surface area contributed by atoms with Gasteiger partial charge in [-0.15, -0.1) is 0 Å². The maximum absolute atomic E-state index is 13.6. The highest BCUT2D eigenvalue weighted by Crippen LogP contribution is 2.35. The quantitative estimate of drug-likeness (QED) is 0.241. The van der Waals surface area contributed by atoms with Gasteiger partial charge in [-0.2, -0.15) is 5.10 Å². The molecule has 3 aromatic rings. The summed E-state index contributed by atoms with van der Waals surface area (Å²) >= 11 is 0. The molecule has 0 bridgehead atoms. The van der Waals surface area contributed by atoms with Crippen molar-refractivity contribution in [3.63, 3.8) is 0 Å². The van der Waals surface area contributed by atoms with Gasteiger partial charge in [0.25, 0.3) is 21.6 Å². The number of nitro benzene ring substituents is 1. The summed E-state index contributed by atoms with van der Waals surface area (Å²) in [6.45, 7) is 2.84. The number of ether oxygens (including phenoxy) is 2. The van der Waals surface area contributed by atoms with E-state index in [1.807, 2.05) is 6.92 Å². The van der Waals surface area contributed by atoms with E-state index in [1.165, 1.54) is 62.8 Å². The Kier molecular flexibility index (Phi) is 8.45. The first-order chi connectivity index (χ1) is 17.6. The monoisotopic (exact) mass is 526 g/mol. The van der Waals surface area contributed by atoms with E-state index >= 15 is 0 Å². The van der Waals surface area contributed by atoms with Crippen LogP contribution in [0.3, 0.4) is 0 Å². The molecule has 0 heterocycles. The molecule has 0 fully saturated rings. The van der Waals surface area contributed by atoms with Gasteiger partial charge in [-0.1, -0.05) is 17.7 Å². The predicted octanol–water partition coefficient (Wildman–Crippen LogP) is 3.66. The van der Waals surface area contributed by atoms with Crippen molar-refractivity contribution in [1.29, 1.82) is 0 Å². The normalized spacial score (nSPS) is 11.5. The van der Waals surface area contributed by atoms with Crippen LogP contribution in [0, 0.1) is 17.0 Å². The van der Waals surface area contributed by atoms with Crippen LogP contribution in [0.15, 0.2) is 76.7 Å². The Labute approximate surface area is 214 Å². The molecule has 1 amide bonds. The fourth-order valence-electron chi connectivity index (χ4n) is 3.33. The maximum Gasteiger partial charge on any atom is 0.269 e. The minimum atomic E-state index is -4.18. The Hall–Kier alpha value is -4.45. The van der Waals surface area contributed by atoms with Crippen molar-refractivity contribution in [3.05, 3.63) is 88.0 Å². The van der Waals surface area contributed by atoms with E-state index < -0.39 is 27.4 Å². The van der Waals surface area contributed by atoms with E-state index in [4.69, 9.17) is 9.47 Å². The highest BCUT2D eigenvalue weighted by Gasteiger charge is 2.29. The highest BCUT2D eigenvalue weighted by atomic mass is 32.2. The zero-order valence-corrected chi connectivity index (χ0v) is 21.5. The van der Waals surface area contributed by atoms with Crippen LogP contribution in [0.4, 0.5) is 11.4 Å². The molecule has 3 aromatic carbocycles. The molecule has 0 atom stereocenters. The van der Waals surface area contributed by atoms with Gasteiger partial charge in [0, 0.05) is 18.2 Å². The van der Waals surface area contributed by atoms with Gasteiger partial charge in [0.15, 0.2) is 0 Å². The molecule has 37 heavy (non-hydrogen) atoms. The molecule has 12 heteroatoms. The van der Waals surface area contributed by atoms with Crippen LogP contribution in [-0.2, 0) is 14.8 Å². The second-order valence-electron chi connectivity index (χ2n) is 7.90. The first-order valence-electron chi connectivity index (χ1n) is 11.0. The Balaban J connectivity index is 1.93. The number of amides is 1. The molecule has 0 spiro atoms. The molecule has 0 aliphatic carbocycles. The van der Waals surface area contributed by atoms with Gasteiger partial charge in [-0.25, -0.2) is 13.8 Å². The number of rotatable bonds is 10. The second kappa shape index (κ2) is 11.5. The number of carbonyl (C=O) groups is 1. The van der Waals surface area contributed by atoms with E-state index in [9.17, 15) is 23.3 Å². The summed E-state index contributed by atoms with van der Waals surface area (Å²) in [4.78, 5) is 23.2. The molecule has 0 unspecified atom stereocenters. The molecule has 0 aromatic heterocycles. The lowest BCUT2D eigenvalue weighted by molar-refractivity contribution is -0.384. The summed E-state index contributed by atoms with van der Waals surface area (Å²) in [5.74, 6) is -0.0794. The third-order valence-corrected chi connectivity index (χ3v) is 7.17. The molecule has 0 radical (unpaired) electrons. The minimum absolute atomic E-state index is 0.00525. The van der Waals surface area contributed by atoms with E-state index in [1.54, 1.807) is 25.1 Å². The first-order valence-corrected chi connectivity index (χ1v) is 12.4. The predicted molar refractivity (Wildman–Crippen MR) is 139 cm³/mol. The topological polar surface area (TPSA) is 140 Å². The highest BCUT2D eigenvalue weighted by molar-refractivity contribution is 7.92. The molecule has 0 saturated heterocycles. The molecular weight excluding hydrogens is 500 g/mol. The fourth-order valence-corrected chi connectivity index (χ4v) is 4.76. The summed E-state index contributed by atoms with van der Waals surface area (Å²) in [6, 6.07) is 16.4. The molecule has 11 nitrogen and oxygen atoms in total. The third kappa shape index (κ3) is 6.41. The first kappa shape index (κ1) is 27.1. The van der Waals surface area contributed by atoms with Crippen molar-refractivity contribution in [2.75, 3.05) is 25.1 Å². The molecular formula is C25H26N4O7S. The number of methoxy groups -OCH3 is 2. The van der Waals surface area contributed by atoms with Crippen LogP contribution < -0.4 is 19.2 Å². The summed E-state index contributed by atoms with van der Waals surface area (Å²) in [5.41, 5.74) is 4.21. The van der Waals surface area contributed by atoms with Crippen molar-refractivity contribution in [3.8, 4) is 11.5 Å². The average Bonchev–Trinajstić information content (AvgIpc) is 2.90. The number of non-ortho nitro benzene ring substituents is 1. The maximum atomic E-state index is 13.6. The van der Waals surface area contributed by atoms with Gasteiger partial charge in [-0.05, 0) is 55.8 Å². The molecule has 3 rings (SSSR count). The summed E-state index contributed by atoms with van der Waals surface area (Å²) in [6.07, 6.45) is 0. The number of hydrazone groups is 1. The van der Waals surface area contributed by atoms with E-state index in [2.05, 4.69) is 10.5 Å². The lowest BCUT2D eigenvalue weighted by Gasteiger charge is -2.25. The minimum Gasteiger partial charge on any atom is -0.497 e. The van der Waals surface area contributed by atoms with Gasteiger partial charge >= 0.3 is 0 Å². The largest absolute Gasteiger partial charge is 0.497 e. The number of nitrogens with one attached hydrogen (secondary N) is 1. The average molecular weight is 527 g/mol. The Morgan fingerprint density at radius 1 is 1.03 bits per heavy atom. The van der Waals surface area contributed by atoms with Crippen molar-refractivity contribution < 1.29 is 27.6 Å². The molecule has 1 N–H and O–H groups in total. The summed E-state index contributed by atoms with van der Waals surface area (Å²) < 4.78 is 38.8. The Morgan fingerprint density at radius 3 is 2.24 bits per heavy atom. The van der Waals surface area contributed by atoms with E-state index in [0.29, 0.717) is 17.0 Å². The second-order valence-corrected chi connectivity index (χ2v) is 9.76. The van der Waals surface area contributed by atoms with Crippen molar-refractivity contribution in [2.45, 2.75) is 18.7 Å². The fraction of sp³-hybridized carbons (Fsp3) is 0.200. The number of nitrogens with zero attached hydrogens (tertiary/aromatic N) is 3. The van der Waals surface area contributed by atoms with Gasteiger partial charge in [-0.3, -0.25) is 19.2 Å². The molecule has 0 aliphatic heterocycles. The lowest BCUT2D eigenvalue weighted by Crippen LogP contribution is -2.40. The van der Waals surface area contributed by atoms with E-state index in [0.717, 1.165) is 9.87 Å². The van der Waals surface area contributed by atoms with Crippen LogP contribution in [0.2, 0.25) is 0 Å². The number of hydrogen-bond donors (Lipinski definition) is 1. The number of sulfonamides is 1. The zero-order valence-electron chi connectivity index (χ0n) is 20.7. The van der Waals surface area contributed by atoms with Crippen LogP contribution in [0.5, 0.6) is 11.5 Å². The van der Waals surface area contributed by atoms with Gasteiger partial charge in [0.1, 0.15) is 18.0 Å². The van der Waals surface area contributed by atoms with Gasteiger partial charge in [0.2, 0.25) is 0 Å². The Morgan fingerprint density at radius 2 is 1.68 bits per heavy atom. The van der Waals surface area contributed by atoms with Crippen LogP contribution in [0.1, 0.15) is 18.1 Å². The smallest absolute Gasteiger partial charge is 0.269 e.